The van der Waals surface area contributed by atoms with Crippen LogP contribution in [0.1, 0.15) is 15.9 Å². The number of anilines is 1. The number of benzene rings is 3. The van der Waals surface area contributed by atoms with Gasteiger partial charge in [-0.05, 0) is 59.3 Å². The number of rotatable bonds is 6. The summed E-state index contributed by atoms with van der Waals surface area (Å²) in [7, 11) is 0. The fourth-order valence-electron chi connectivity index (χ4n) is 3.63. The molecule has 1 amide bonds. The highest BCUT2D eigenvalue weighted by atomic mass is 32.2. The number of pyridine rings is 1. The van der Waals surface area contributed by atoms with Crippen LogP contribution >= 0.6 is 23.1 Å². The molecule has 5 rings (SSSR count). The van der Waals surface area contributed by atoms with E-state index < -0.39 is 0 Å². The van der Waals surface area contributed by atoms with Crippen molar-refractivity contribution in [3.63, 3.8) is 0 Å². The minimum Gasteiger partial charge on any atom is -0.279 e. The summed E-state index contributed by atoms with van der Waals surface area (Å²) in [6.45, 7) is 0.405. The Morgan fingerprint density at radius 1 is 0.939 bits per heavy atom. The third-order valence-electron chi connectivity index (χ3n) is 5.36. The Balaban J connectivity index is 1.50. The molecule has 33 heavy (non-hydrogen) atoms. The highest BCUT2D eigenvalue weighted by Gasteiger charge is 2.22. The van der Waals surface area contributed by atoms with E-state index in [-0.39, 0.29) is 5.91 Å². The monoisotopic (exact) mass is 467 g/mol. The quantitative estimate of drug-likeness (QED) is 0.254. The molecular weight excluding hydrogens is 446 g/mol. The van der Waals surface area contributed by atoms with E-state index in [9.17, 15) is 4.79 Å². The number of amides is 1. The van der Waals surface area contributed by atoms with E-state index in [0.717, 1.165) is 26.9 Å². The second kappa shape index (κ2) is 9.57. The van der Waals surface area contributed by atoms with Crippen LogP contribution in [0.25, 0.3) is 21.3 Å². The average Bonchev–Trinajstić information content (AvgIpc) is 3.31. The highest BCUT2D eigenvalue weighted by Crippen LogP contribution is 2.33. The molecule has 3 aromatic carbocycles. The number of carbonyl (C=O) groups is 1. The molecule has 0 fully saturated rings. The fourth-order valence-corrected chi connectivity index (χ4v) is 5.14. The van der Waals surface area contributed by atoms with E-state index in [1.807, 2.05) is 60.7 Å². The molecule has 0 atom stereocenters. The second-order valence-corrected chi connectivity index (χ2v) is 9.41. The van der Waals surface area contributed by atoms with Crippen molar-refractivity contribution < 1.29 is 4.79 Å². The third-order valence-corrected chi connectivity index (χ3v) is 7.13. The van der Waals surface area contributed by atoms with E-state index in [0.29, 0.717) is 17.2 Å². The topological polar surface area (TPSA) is 46.1 Å². The van der Waals surface area contributed by atoms with Gasteiger partial charge in [-0.2, -0.15) is 0 Å². The van der Waals surface area contributed by atoms with Gasteiger partial charge in [-0.15, -0.1) is 11.8 Å². The normalized spacial score (nSPS) is 10.9. The Labute approximate surface area is 201 Å². The first kappa shape index (κ1) is 21.4. The summed E-state index contributed by atoms with van der Waals surface area (Å²) in [5.41, 5.74) is 4.68. The summed E-state index contributed by atoms with van der Waals surface area (Å²) in [5, 5.41) is 0.684. The van der Waals surface area contributed by atoms with Gasteiger partial charge < -0.3 is 0 Å². The number of fused-ring (bicyclic) bond motifs is 1. The van der Waals surface area contributed by atoms with Gasteiger partial charge in [0, 0.05) is 22.9 Å². The van der Waals surface area contributed by atoms with Crippen molar-refractivity contribution in [2.75, 3.05) is 11.2 Å². The molecule has 0 aliphatic carbocycles. The molecule has 0 bridgehead atoms. The number of nitrogens with zero attached hydrogens (tertiary/aromatic N) is 3. The lowest BCUT2D eigenvalue weighted by Gasteiger charge is -2.20. The van der Waals surface area contributed by atoms with Gasteiger partial charge in [-0.1, -0.05) is 59.9 Å². The van der Waals surface area contributed by atoms with Crippen LogP contribution in [0.2, 0.25) is 0 Å². The molecule has 0 saturated carbocycles. The maximum atomic E-state index is 13.7. The number of hydrogen-bond acceptors (Lipinski definition) is 5. The second-order valence-electron chi connectivity index (χ2n) is 7.53. The van der Waals surface area contributed by atoms with Gasteiger partial charge in [0.25, 0.3) is 5.91 Å². The van der Waals surface area contributed by atoms with E-state index in [4.69, 9.17) is 4.98 Å². The van der Waals surface area contributed by atoms with Crippen LogP contribution in [0, 0.1) is 0 Å². The molecule has 4 nitrogen and oxygen atoms in total. The van der Waals surface area contributed by atoms with Crippen molar-refractivity contribution >= 4 is 44.4 Å². The van der Waals surface area contributed by atoms with Crippen molar-refractivity contribution in [1.29, 1.82) is 0 Å². The van der Waals surface area contributed by atoms with Gasteiger partial charge in [-0.25, -0.2) is 4.98 Å². The fraction of sp³-hybridized carbons (Fsp3) is 0.0741. The van der Waals surface area contributed by atoms with Gasteiger partial charge >= 0.3 is 0 Å². The lowest BCUT2D eigenvalue weighted by Crippen LogP contribution is -2.30. The summed E-state index contributed by atoms with van der Waals surface area (Å²) < 4.78 is 1.07. The predicted octanol–water partition coefficient (Wildman–Crippen LogP) is 6.93. The van der Waals surface area contributed by atoms with Crippen LogP contribution in [-0.2, 0) is 6.54 Å². The molecule has 0 radical (unpaired) electrons. The molecule has 0 spiro atoms. The molecule has 5 aromatic rings. The van der Waals surface area contributed by atoms with Crippen LogP contribution in [-0.4, -0.2) is 22.1 Å². The number of aromatic nitrogens is 2. The number of thioether (sulfide) groups is 1. The van der Waals surface area contributed by atoms with Gasteiger partial charge in [0.2, 0.25) is 0 Å². The molecule has 0 aliphatic rings. The first-order chi connectivity index (χ1) is 16.2. The standard InChI is InChI=1S/C27H21N3OS2/c1-32-23-13-14-24-25(16-23)33-27(29-24)30(18-19-6-5-15-28-17-19)26(31)22-11-9-21(10-12-22)20-7-3-2-4-8-20/h2-17H,18H2,1H3. The smallest absolute Gasteiger partial charge is 0.260 e. The van der Waals surface area contributed by atoms with Crippen LogP contribution in [0.5, 0.6) is 0 Å². The Bertz CT molecular complexity index is 1380. The third kappa shape index (κ3) is 4.67. The van der Waals surface area contributed by atoms with Crippen molar-refractivity contribution in [1.82, 2.24) is 9.97 Å². The largest absolute Gasteiger partial charge is 0.279 e. The summed E-state index contributed by atoms with van der Waals surface area (Å²) in [6.07, 6.45) is 5.58. The van der Waals surface area contributed by atoms with E-state index >= 15 is 0 Å². The number of carbonyl (C=O) groups excluding carboxylic acids is 1. The van der Waals surface area contributed by atoms with Crippen molar-refractivity contribution in [3.05, 3.63) is 108 Å². The summed E-state index contributed by atoms with van der Waals surface area (Å²) in [5.74, 6) is -0.0809. The Kier molecular flexibility index (Phi) is 6.19. The zero-order chi connectivity index (χ0) is 22.6. The first-order valence-electron chi connectivity index (χ1n) is 10.5. The molecule has 6 heteroatoms. The minimum absolute atomic E-state index is 0.0809. The predicted molar refractivity (Wildman–Crippen MR) is 138 cm³/mol. The van der Waals surface area contributed by atoms with Crippen LogP contribution < -0.4 is 4.90 Å². The van der Waals surface area contributed by atoms with Gasteiger partial charge in [0.15, 0.2) is 5.13 Å². The first-order valence-corrected chi connectivity index (χ1v) is 12.6. The maximum Gasteiger partial charge on any atom is 0.260 e. The van der Waals surface area contributed by atoms with Gasteiger partial charge in [-0.3, -0.25) is 14.7 Å². The summed E-state index contributed by atoms with van der Waals surface area (Å²) >= 11 is 3.23. The van der Waals surface area contributed by atoms with Crippen molar-refractivity contribution in [3.8, 4) is 11.1 Å². The van der Waals surface area contributed by atoms with Gasteiger partial charge in [0.05, 0.1) is 16.8 Å². The molecule has 0 unspecified atom stereocenters. The summed E-state index contributed by atoms with van der Waals surface area (Å²) in [4.78, 5) is 25.6. The van der Waals surface area contributed by atoms with Crippen LogP contribution in [0.4, 0.5) is 5.13 Å². The minimum atomic E-state index is -0.0809. The lowest BCUT2D eigenvalue weighted by atomic mass is 10.0. The number of hydrogen-bond donors (Lipinski definition) is 0. The summed E-state index contributed by atoms with van der Waals surface area (Å²) in [6, 6.07) is 28.0. The Hall–Kier alpha value is -3.48. The lowest BCUT2D eigenvalue weighted by molar-refractivity contribution is 0.0985. The van der Waals surface area contributed by atoms with Gasteiger partial charge in [0.1, 0.15) is 0 Å². The molecule has 0 aliphatic heterocycles. The van der Waals surface area contributed by atoms with Crippen LogP contribution in [0.3, 0.4) is 0 Å². The van der Waals surface area contributed by atoms with E-state index in [2.05, 4.69) is 35.5 Å². The molecule has 0 saturated heterocycles. The molecular formula is C27H21N3OS2. The zero-order valence-corrected chi connectivity index (χ0v) is 19.6. The maximum absolute atomic E-state index is 13.7. The van der Waals surface area contributed by atoms with E-state index in [1.54, 1.807) is 29.1 Å². The molecule has 2 heterocycles. The van der Waals surface area contributed by atoms with Crippen molar-refractivity contribution in [2.24, 2.45) is 0 Å². The average molecular weight is 468 g/mol. The Morgan fingerprint density at radius 3 is 2.45 bits per heavy atom. The van der Waals surface area contributed by atoms with E-state index in [1.165, 1.54) is 16.2 Å². The molecule has 162 valence electrons. The molecule has 2 aromatic heterocycles. The zero-order valence-electron chi connectivity index (χ0n) is 18.0. The molecule has 0 N–H and O–H groups in total. The SMILES string of the molecule is CSc1ccc2nc(N(Cc3cccnc3)C(=O)c3ccc(-c4ccccc4)cc3)sc2c1. The number of thiazole rings is 1. The van der Waals surface area contributed by atoms with Crippen LogP contribution in [0.15, 0.2) is 102 Å². The highest BCUT2D eigenvalue weighted by molar-refractivity contribution is 7.98. The van der Waals surface area contributed by atoms with Crippen molar-refractivity contribution in [2.45, 2.75) is 11.4 Å². The Morgan fingerprint density at radius 2 is 1.73 bits per heavy atom.